The lowest BCUT2D eigenvalue weighted by molar-refractivity contribution is 1.16. The van der Waals surface area contributed by atoms with Gasteiger partial charge in [-0.3, -0.25) is 0 Å². The molecular weight excluding hydrogens is 184 g/mol. The van der Waals surface area contributed by atoms with E-state index in [1.54, 1.807) is 5.56 Å². The lowest BCUT2D eigenvalue weighted by Crippen LogP contribution is -2.28. The first-order chi connectivity index (χ1) is 6.50. The van der Waals surface area contributed by atoms with Crippen molar-refractivity contribution in [2.75, 3.05) is 0 Å². The zero-order chi connectivity index (χ0) is 10.3. The monoisotopic (exact) mass is 202 g/mol. The molecule has 1 aromatic rings. The summed E-state index contributed by atoms with van der Waals surface area (Å²) in [5, 5.41) is 0. The van der Waals surface area contributed by atoms with E-state index in [2.05, 4.69) is 56.9 Å². The highest BCUT2D eigenvalue weighted by molar-refractivity contribution is 6.78. The zero-order valence-corrected chi connectivity index (χ0v) is 10.5. The zero-order valence-electron chi connectivity index (χ0n) is 9.46. The fourth-order valence-electron chi connectivity index (χ4n) is 2.27. The van der Waals surface area contributed by atoms with Crippen molar-refractivity contribution in [3.05, 3.63) is 41.5 Å². The van der Waals surface area contributed by atoms with Crippen LogP contribution in [0.25, 0.3) is 5.57 Å². The normalized spacial score (nSPS) is 20.6. The lowest BCUT2D eigenvalue weighted by Gasteiger charge is -2.24. The van der Waals surface area contributed by atoms with Gasteiger partial charge in [0, 0.05) is 0 Å². The summed E-state index contributed by atoms with van der Waals surface area (Å²) < 4.78 is 0. The SMILES string of the molecule is CC1=C[C@H]([Si](C)(C)C)c2ccccc21. The van der Waals surface area contributed by atoms with E-state index in [9.17, 15) is 0 Å². The van der Waals surface area contributed by atoms with Crippen LogP contribution < -0.4 is 0 Å². The first-order valence-electron chi connectivity index (χ1n) is 5.28. The summed E-state index contributed by atoms with van der Waals surface area (Å²) in [6, 6.07) is 8.85. The predicted molar refractivity (Wildman–Crippen MR) is 66.2 cm³/mol. The molecule has 0 spiro atoms. The van der Waals surface area contributed by atoms with Gasteiger partial charge in [0.15, 0.2) is 0 Å². The Morgan fingerprint density at radius 2 is 1.71 bits per heavy atom. The molecule has 0 amide bonds. The summed E-state index contributed by atoms with van der Waals surface area (Å²) >= 11 is 0. The highest BCUT2D eigenvalue weighted by atomic mass is 28.3. The Morgan fingerprint density at radius 1 is 1.07 bits per heavy atom. The van der Waals surface area contributed by atoms with Crippen molar-refractivity contribution in [1.82, 2.24) is 0 Å². The van der Waals surface area contributed by atoms with Crippen LogP contribution in [0.2, 0.25) is 19.6 Å². The van der Waals surface area contributed by atoms with Gasteiger partial charge in [0.05, 0.1) is 8.07 Å². The molecular formula is C13H18Si. The molecule has 0 aromatic heterocycles. The molecule has 14 heavy (non-hydrogen) atoms. The maximum Gasteiger partial charge on any atom is 0.0566 e. The fraction of sp³-hybridized carbons (Fsp3) is 0.385. The minimum atomic E-state index is -1.09. The maximum atomic E-state index is 2.47. The van der Waals surface area contributed by atoms with Crippen LogP contribution in [0, 0.1) is 0 Å². The van der Waals surface area contributed by atoms with Crippen LogP contribution in [0.5, 0.6) is 0 Å². The topological polar surface area (TPSA) is 0 Å². The van der Waals surface area contributed by atoms with Gasteiger partial charge in [0.25, 0.3) is 0 Å². The first kappa shape index (κ1) is 9.72. The van der Waals surface area contributed by atoms with Crippen molar-refractivity contribution < 1.29 is 0 Å². The number of benzene rings is 1. The van der Waals surface area contributed by atoms with E-state index in [0.717, 1.165) is 5.54 Å². The molecule has 0 unspecified atom stereocenters. The van der Waals surface area contributed by atoms with Crippen molar-refractivity contribution in [3.8, 4) is 0 Å². The van der Waals surface area contributed by atoms with E-state index in [-0.39, 0.29) is 0 Å². The molecule has 1 aromatic carbocycles. The smallest absolute Gasteiger partial charge is 0.0566 e. The van der Waals surface area contributed by atoms with Crippen LogP contribution in [-0.2, 0) is 0 Å². The lowest BCUT2D eigenvalue weighted by atomic mass is 10.1. The number of rotatable bonds is 1. The molecule has 0 fully saturated rings. The predicted octanol–water partition coefficient (Wildman–Crippen LogP) is 4.06. The second kappa shape index (κ2) is 3.09. The van der Waals surface area contributed by atoms with Crippen LogP contribution in [0.4, 0.5) is 0 Å². The number of allylic oxidation sites excluding steroid dienone is 2. The summed E-state index contributed by atoms with van der Waals surface area (Å²) in [4.78, 5) is 0. The average Bonchev–Trinajstić information content (AvgIpc) is 2.44. The van der Waals surface area contributed by atoms with Gasteiger partial charge in [-0.2, -0.15) is 0 Å². The molecule has 74 valence electrons. The van der Waals surface area contributed by atoms with E-state index < -0.39 is 8.07 Å². The molecule has 0 radical (unpaired) electrons. The second-order valence-electron chi connectivity index (χ2n) is 5.28. The Balaban J connectivity index is 2.52. The third-order valence-electron chi connectivity index (χ3n) is 3.07. The van der Waals surface area contributed by atoms with Crippen LogP contribution in [-0.4, -0.2) is 8.07 Å². The maximum absolute atomic E-state index is 2.47. The molecule has 0 N–H and O–H groups in total. The minimum Gasteiger partial charge on any atom is -0.0762 e. The van der Waals surface area contributed by atoms with E-state index in [4.69, 9.17) is 0 Å². The van der Waals surface area contributed by atoms with Gasteiger partial charge < -0.3 is 0 Å². The Kier molecular flexibility index (Phi) is 2.15. The Morgan fingerprint density at radius 3 is 2.36 bits per heavy atom. The highest BCUT2D eigenvalue weighted by Gasteiger charge is 2.31. The Labute approximate surface area is 87.7 Å². The molecule has 1 heteroatoms. The summed E-state index contributed by atoms with van der Waals surface area (Å²) in [6.07, 6.45) is 2.47. The van der Waals surface area contributed by atoms with Gasteiger partial charge in [-0.05, 0) is 29.2 Å². The Hall–Kier alpha value is -0.823. The molecule has 0 bridgehead atoms. The summed E-state index contributed by atoms with van der Waals surface area (Å²) in [6.45, 7) is 9.58. The molecule has 0 nitrogen and oxygen atoms in total. The van der Waals surface area contributed by atoms with Gasteiger partial charge in [-0.1, -0.05) is 50.0 Å². The quantitative estimate of drug-likeness (QED) is 0.602. The van der Waals surface area contributed by atoms with E-state index in [1.165, 1.54) is 11.1 Å². The van der Waals surface area contributed by atoms with Crippen molar-refractivity contribution >= 4 is 13.6 Å². The largest absolute Gasteiger partial charge is 0.0762 e. The third kappa shape index (κ3) is 1.46. The van der Waals surface area contributed by atoms with Crippen LogP contribution in [0.15, 0.2) is 30.3 Å². The molecule has 2 rings (SSSR count). The van der Waals surface area contributed by atoms with Crippen molar-refractivity contribution in [2.24, 2.45) is 0 Å². The van der Waals surface area contributed by atoms with Gasteiger partial charge in [-0.25, -0.2) is 0 Å². The molecule has 0 heterocycles. The number of hydrogen-bond donors (Lipinski definition) is 0. The fourth-order valence-corrected chi connectivity index (χ4v) is 4.21. The van der Waals surface area contributed by atoms with E-state index in [1.807, 2.05) is 0 Å². The molecule has 1 aliphatic carbocycles. The second-order valence-corrected chi connectivity index (χ2v) is 10.6. The van der Waals surface area contributed by atoms with Crippen LogP contribution in [0.3, 0.4) is 0 Å². The van der Waals surface area contributed by atoms with Gasteiger partial charge in [0.2, 0.25) is 0 Å². The first-order valence-corrected chi connectivity index (χ1v) is 8.85. The minimum absolute atomic E-state index is 0.721. The van der Waals surface area contributed by atoms with Crippen molar-refractivity contribution in [3.63, 3.8) is 0 Å². The molecule has 0 aliphatic heterocycles. The third-order valence-corrected chi connectivity index (χ3v) is 5.41. The van der Waals surface area contributed by atoms with Crippen molar-refractivity contribution in [1.29, 1.82) is 0 Å². The summed E-state index contributed by atoms with van der Waals surface area (Å²) in [5.74, 6) is 0. The van der Waals surface area contributed by atoms with Crippen LogP contribution >= 0.6 is 0 Å². The standard InChI is InChI=1S/C13H18Si/c1-10-9-13(14(2,3)4)12-8-6-5-7-11(10)12/h5-9,13H,1-4H3/t13-/m0/s1. The molecule has 1 aliphatic rings. The molecule has 1 atom stereocenters. The summed E-state index contributed by atoms with van der Waals surface area (Å²) in [7, 11) is -1.09. The molecule has 0 saturated heterocycles. The van der Waals surface area contributed by atoms with E-state index in [0.29, 0.717) is 0 Å². The van der Waals surface area contributed by atoms with Gasteiger partial charge in [-0.15, -0.1) is 0 Å². The van der Waals surface area contributed by atoms with E-state index >= 15 is 0 Å². The average molecular weight is 202 g/mol. The molecule has 0 saturated carbocycles. The number of hydrogen-bond acceptors (Lipinski definition) is 0. The van der Waals surface area contributed by atoms with Gasteiger partial charge >= 0.3 is 0 Å². The summed E-state index contributed by atoms with van der Waals surface area (Å²) in [5.41, 5.74) is 5.22. The van der Waals surface area contributed by atoms with Crippen LogP contribution in [0.1, 0.15) is 23.6 Å². The van der Waals surface area contributed by atoms with Gasteiger partial charge in [0.1, 0.15) is 0 Å². The number of fused-ring (bicyclic) bond motifs is 1. The highest BCUT2D eigenvalue weighted by Crippen LogP contribution is 2.40. The Bertz CT molecular complexity index is 382. The van der Waals surface area contributed by atoms with Crippen molar-refractivity contribution in [2.45, 2.75) is 32.1 Å².